The van der Waals surface area contributed by atoms with Crippen molar-refractivity contribution in [2.75, 3.05) is 19.8 Å². The summed E-state index contributed by atoms with van der Waals surface area (Å²) in [6, 6.07) is 12.7. The van der Waals surface area contributed by atoms with Gasteiger partial charge in [0.2, 0.25) is 0 Å². The van der Waals surface area contributed by atoms with E-state index >= 15 is 0 Å². The fourth-order valence-corrected chi connectivity index (χ4v) is 3.08. The van der Waals surface area contributed by atoms with Gasteiger partial charge >= 0.3 is 12.0 Å². The lowest BCUT2D eigenvalue weighted by molar-refractivity contribution is -0.140. The Morgan fingerprint density at radius 2 is 1.87 bits per heavy atom. The minimum atomic E-state index is -0.749. The van der Waals surface area contributed by atoms with Crippen molar-refractivity contribution in [3.63, 3.8) is 0 Å². The average molecular weight is 412 g/mol. The second-order valence-electron chi connectivity index (χ2n) is 6.53. The third kappa shape index (κ3) is 5.02. The summed E-state index contributed by atoms with van der Waals surface area (Å²) >= 11 is 0. The molecule has 30 heavy (non-hydrogen) atoms. The molecule has 2 aromatic rings. The first-order valence-electron chi connectivity index (χ1n) is 9.58. The number of benzene rings is 2. The number of hydrogen-bond donors (Lipinski definition) is 3. The van der Waals surface area contributed by atoms with Gasteiger partial charge in [-0.1, -0.05) is 24.3 Å². The maximum Gasteiger partial charge on any atom is 0.338 e. The zero-order chi connectivity index (χ0) is 21.5. The highest BCUT2D eigenvalue weighted by Crippen LogP contribution is 2.34. The standard InChI is InChI=1S/C22H24N2O6/c1-3-28-18-13-15(9-10-17(18)25)20-19(14(2)23-22(27)24-20)21(26)30-12-11-29-16-7-5-4-6-8-16/h4-10,13,20,25H,3,11-12H2,1-2H3,(H2,23,24,27). The quantitative estimate of drug-likeness (QED) is 0.455. The number of phenols is 1. The van der Waals surface area contributed by atoms with Crippen LogP contribution in [0.15, 0.2) is 59.8 Å². The van der Waals surface area contributed by atoms with Gasteiger partial charge in [-0.05, 0) is 43.7 Å². The van der Waals surface area contributed by atoms with Crippen LogP contribution in [0.3, 0.4) is 0 Å². The molecule has 1 atom stereocenters. The van der Waals surface area contributed by atoms with E-state index in [4.69, 9.17) is 14.2 Å². The van der Waals surface area contributed by atoms with Crippen LogP contribution < -0.4 is 20.1 Å². The molecule has 0 fully saturated rings. The maximum atomic E-state index is 12.8. The zero-order valence-electron chi connectivity index (χ0n) is 16.8. The minimum absolute atomic E-state index is 0.0243. The Kier molecular flexibility index (Phi) is 6.79. The van der Waals surface area contributed by atoms with Crippen molar-refractivity contribution in [1.29, 1.82) is 0 Å². The molecule has 2 aromatic carbocycles. The summed E-state index contributed by atoms with van der Waals surface area (Å²) < 4.78 is 16.3. The fraction of sp³-hybridized carbons (Fsp3) is 0.273. The van der Waals surface area contributed by atoms with Crippen LogP contribution >= 0.6 is 0 Å². The first kappa shape index (κ1) is 21.0. The third-order valence-electron chi connectivity index (χ3n) is 4.43. The van der Waals surface area contributed by atoms with Crippen molar-refractivity contribution in [3.05, 3.63) is 65.4 Å². The molecule has 8 heteroatoms. The number of carbonyl (C=O) groups excluding carboxylic acids is 2. The Balaban J connectivity index is 1.73. The molecule has 1 heterocycles. The van der Waals surface area contributed by atoms with Crippen molar-refractivity contribution in [2.45, 2.75) is 19.9 Å². The van der Waals surface area contributed by atoms with E-state index in [-0.39, 0.29) is 30.3 Å². The Morgan fingerprint density at radius 1 is 1.10 bits per heavy atom. The summed E-state index contributed by atoms with van der Waals surface area (Å²) in [4.78, 5) is 24.8. The van der Waals surface area contributed by atoms with Crippen LogP contribution in [0.4, 0.5) is 4.79 Å². The monoisotopic (exact) mass is 412 g/mol. The number of phenolic OH excluding ortho intramolecular Hbond substituents is 1. The molecule has 1 aliphatic rings. The summed E-state index contributed by atoms with van der Waals surface area (Å²) in [5, 5.41) is 15.3. The molecule has 0 bridgehead atoms. The van der Waals surface area contributed by atoms with Gasteiger partial charge in [0.25, 0.3) is 0 Å². The van der Waals surface area contributed by atoms with Gasteiger partial charge in [-0.2, -0.15) is 0 Å². The van der Waals surface area contributed by atoms with E-state index in [1.165, 1.54) is 6.07 Å². The number of nitrogens with one attached hydrogen (secondary N) is 2. The van der Waals surface area contributed by atoms with Gasteiger partial charge < -0.3 is 30.0 Å². The lowest BCUT2D eigenvalue weighted by Gasteiger charge is -2.28. The number of allylic oxidation sites excluding steroid dienone is 1. The van der Waals surface area contributed by atoms with E-state index in [9.17, 15) is 14.7 Å². The van der Waals surface area contributed by atoms with Crippen LogP contribution in [-0.4, -0.2) is 36.9 Å². The van der Waals surface area contributed by atoms with Crippen molar-refractivity contribution in [1.82, 2.24) is 10.6 Å². The molecule has 0 aliphatic carbocycles. The predicted molar refractivity (Wildman–Crippen MR) is 109 cm³/mol. The summed E-state index contributed by atoms with van der Waals surface area (Å²) in [5.41, 5.74) is 1.24. The van der Waals surface area contributed by atoms with E-state index in [1.807, 2.05) is 30.3 Å². The molecule has 0 saturated carbocycles. The number of urea groups is 1. The third-order valence-corrected chi connectivity index (χ3v) is 4.43. The van der Waals surface area contributed by atoms with Gasteiger partial charge in [0, 0.05) is 5.70 Å². The van der Waals surface area contributed by atoms with Crippen LogP contribution in [0.5, 0.6) is 17.2 Å². The molecule has 0 saturated heterocycles. The van der Waals surface area contributed by atoms with Gasteiger partial charge in [0.1, 0.15) is 19.0 Å². The molecule has 2 amide bonds. The summed E-state index contributed by atoms with van der Waals surface area (Å²) in [5.74, 6) is 0.349. The Bertz CT molecular complexity index is 942. The molecule has 1 aliphatic heterocycles. The highest BCUT2D eigenvalue weighted by Gasteiger charge is 2.32. The number of hydrogen-bond acceptors (Lipinski definition) is 6. The highest BCUT2D eigenvalue weighted by atomic mass is 16.6. The second kappa shape index (κ2) is 9.69. The summed E-state index contributed by atoms with van der Waals surface area (Å²) in [7, 11) is 0. The van der Waals surface area contributed by atoms with E-state index in [1.54, 1.807) is 26.0 Å². The van der Waals surface area contributed by atoms with Crippen molar-refractivity contribution < 1.29 is 28.9 Å². The molecular formula is C22H24N2O6. The van der Waals surface area contributed by atoms with Gasteiger partial charge in [-0.15, -0.1) is 0 Å². The number of carbonyl (C=O) groups is 2. The van der Waals surface area contributed by atoms with Crippen LogP contribution in [0.2, 0.25) is 0 Å². The largest absolute Gasteiger partial charge is 0.504 e. The normalized spacial score (nSPS) is 15.8. The minimum Gasteiger partial charge on any atom is -0.504 e. The molecule has 8 nitrogen and oxygen atoms in total. The molecule has 0 radical (unpaired) electrons. The number of para-hydroxylation sites is 1. The number of amides is 2. The SMILES string of the molecule is CCOc1cc(C2NC(=O)NC(C)=C2C(=O)OCCOc2ccccc2)ccc1O. The first-order chi connectivity index (χ1) is 14.5. The number of rotatable bonds is 8. The lowest BCUT2D eigenvalue weighted by atomic mass is 9.95. The number of ether oxygens (including phenoxy) is 3. The van der Waals surface area contributed by atoms with Gasteiger partial charge in [-0.25, -0.2) is 9.59 Å². The number of esters is 1. The molecule has 158 valence electrons. The average Bonchev–Trinajstić information content (AvgIpc) is 2.73. The maximum absolute atomic E-state index is 12.8. The number of aromatic hydroxyl groups is 1. The molecule has 0 spiro atoms. The van der Waals surface area contributed by atoms with E-state index in [2.05, 4.69) is 10.6 Å². The van der Waals surface area contributed by atoms with E-state index in [0.717, 1.165) is 0 Å². The van der Waals surface area contributed by atoms with Gasteiger partial charge in [0.05, 0.1) is 18.2 Å². The van der Waals surface area contributed by atoms with Crippen molar-refractivity contribution >= 4 is 12.0 Å². The molecule has 0 aromatic heterocycles. The van der Waals surface area contributed by atoms with Crippen molar-refractivity contribution in [2.24, 2.45) is 0 Å². The topological polar surface area (TPSA) is 106 Å². The summed E-state index contributed by atoms with van der Waals surface area (Å²) in [6.07, 6.45) is 0. The zero-order valence-corrected chi connectivity index (χ0v) is 16.8. The van der Waals surface area contributed by atoms with Crippen LogP contribution in [-0.2, 0) is 9.53 Å². The van der Waals surface area contributed by atoms with Gasteiger partial charge in [-0.3, -0.25) is 0 Å². The Labute approximate surface area is 174 Å². The smallest absolute Gasteiger partial charge is 0.338 e. The molecule has 3 rings (SSSR count). The fourth-order valence-electron chi connectivity index (χ4n) is 3.08. The Hall–Kier alpha value is -3.68. The first-order valence-corrected chi connectivity index (χ1v) is 9.58. The predicted octanol–water partition coefficient (Wildman–Crippen LogP) is 3.04. The second-order valence-corrected chi connectivity index (χ2v) is 6.53. The molecule has 1 unspecified atom stereocenters. The van der Waals surface area contributed by atoms with E-state index in [0.29, 0.717) is 23.6 Å². The summed E-state index contributed by atoms with van der Waals surface area (Å²) in [6.45, 7) is 4.03. The van der Waals surface area contributed by atoms with Crippen LogP contribution in [0, 0.1) is 0 Å². The van der Waals surface area contributed by atoms with Crippen LogP contribution in [0.25, 0.3) is 0 Å². The Morgan fingerprint density at radius 3 is 2.60 bits per heavy atom. The van der Waals surface area contributed by atoms with Gasteiger partial charge in [0.15, 0.2) is 11.5 Å². The lowest BCUT2D eigenvalue weighted by Crippen LogP contribution is -2.45. The highest BCUT2D eigenvalue weighted by molar-refractivity contribution is 5.95. The van der Waals surface area contributed by atoms with Crippen LogP contribution in [0.1, 0.15) is 25.5 Å². The molecule has 3 N–H and O–H groups in total. The molecular weight excluding hydrogens is 388 g/mol. The van der Waals surface area contributed by atoms with E-state index < -0.39 is 18.0 Å². The van der Waals surface area contributed by atoms with Crippen molar-refractivity contribution in [3.8, 4) is 17.2 Å².